The van der Waals surface area contributed by atoms with Crippen molar-refractivity contribution in [1.82, 2.24) is 4.90 Å². The van der Waals surface area contributed by atoms with E-state index in [1.54, 1.807) is 0 Å². The quantitative estimate of drug-likeness (QED) is 0.784. The first-order valence-corrected chi connectivity index (χ1v) is 5.77. The number of carbonyl (C=O) groups is 3. The van der Waals surface area contributed by atoms with Gasteiger partial charge in [-0.2, -0.15) is 0 Å². The summed E-state index contributed by atoms with van der Waals surface area (Å²) in [5, 5.41) is 8.86. The van der Waals surface area contributed by atoms with E-state index in [4.69, 9.17) is 5.11 Å². The summed E-state index contributed by atoms with van der Waals surface area (Å²) in [5.41, 5.74) is 0. The van der Waals surface area contributed by atoms with E-state index in [1.807, 2.05) is 0 Å². The number of halogens is 3. The van der Waals surface area contributed by atoms with Gasteiger partial charge < -0.3 is 10.0 Å². The van der Waals surface area contributed by atoms with E-state index in [1.165, 1.54) is 0 Å². The summed E-state index contributed by atoms with van der Waals surface area (Å²) in [6, 6.07) is -1.05. The highest BCUT2D eigenvalue weighted by Crippen LogP contribution is 2.23. The summed E-state index contributed by atoms with van der Waals surface area (Å²) < 4.78 is 37.3. The van der Waals surface area contributed by atoms with Gasteiger partial charge in [-0.05, 0) is 12.8 Å². The van der Waals surface area contributed by atoms with Gasteiger partial charge in [0.15, 0.2) is 5.78 Å². The molecule has 1 rings (SSSR count). The van der Waals surface area contributed by atoms with Gasteiger partial charge in [0.05, 0.1) is 5.92 Å². The molecule has 2 atom stereocenters. The van der Waals surface area contributed by atoms with Crippen LogP contribution in [0.2, 0.25) is 0 Å². The molecule has 0 aromatic carbocycles. The molecule has 0 aromatic rings. The number of likely N-dealkylation sites (tertiary alicyclic amines) is 1. The van der Waals surface area contributed by atoms with Crippen LogP contribution < -0.4 is 0 Å². The highest BCUT2D eigenvalue weighted by Gasteiger charge is 2.37. The summed E-state index contributed by atoms with van der Waals surface area (Å²) in [6.45, 7) is -1.42. The van der Waals surface area contributed by atoms with Gasteiger partial charge in [-0.3, -0.25) is 9.59 Å². The van der Waals surface area contributed by atoms with Gasteiger partial charge in [0.25, 0.3) is 0 Å². The number of carboxylic acid groups (broad SMARTS) is 1. The molecule has 19 heavy (non-hydrogen) atoms. The lowest BCUT2D eigenvalue weighted by atomic mass is 10.0. The smallest absolute Gasteiger partial charge is 0.326 e. The first-order chi connectivity index (χ1) is 8.88. The zero-order chi connectivity index (χ0) is 14.6. The van der Waals surface area contributed by atoms with Crippen molar-refractivity contribution >= 4 is 17.7 Å². The molecule has 0 spiro atoms. The first kappa shape index (κ1) is 15.5. The number of Topliss-reactive ketones (excluding diaryl/α,β-unsaturated/α-hetero) is 1. The van der Waals surface area contributed by atoms with E-state index in [0.29, 0.717) is 6.42 Å². The van der Waals surface area contributed by atoms with Crippen LogP contribution in [0.5, 0.6) is 0 Å². The van der Waals surface area contributed by atoms with Crippen molar-refractivity contribution < 1.29 is 32.7 Å². The molecule has 0 saturated carbocycles. The number of hydrogen-bond acceptors (Lipinski definition) is 3. The molecule has 1 saturated heterocycles. The van der Waals surface area contributed by atoms with Crippen molar-refractivity contribution in [3.05, 3.63) is 0 Å². The van der Waals surface area contributed by atoms with Crippen molar-refractivity contribution in [2.75, 3.05) is 13.2 Å². The number of nitrogens with zero attached hydrogens (tertiary/aromatic N) is 1. The molecular weight excluding hydrogens is 267 g/mol. The number of rotatable bonds is 6. The minimum absolute atomic E-state index is 0.148. The van der Waals surface area contributed by atoms with Crippen LogP contribution in [0, 0.1) is 5.92 Å². The molecule has 1 amide bonds. The van der Waals surface area contributed by atoms with Crippen LogP contribution in [-0.4, -0.2) is 53.4 Å². The molecule has 1 aliphatic rings. The lowest BCUT2D eigenvalue weighted by molar-refractivity contribution is -0.149. The van der Waals surface area contributed by atoms with Crippen LogP contribution in [0.25, 0.3) is 0 Å². The first-order valence-electron chi connectivity index (χ1n) is 5.77. The second-order valence-corrected chi connectivity index (χ2v) is 4.33. The predicted octanol–water partition coefficient (Wildman–Crippen LogP) is 0.872. The molecule has 5 nitrogen and oxygen atoms in total. The van der Waals surface area contributed by atoms with Crippen molar-refractivity contribution in [1.29, 1.82) is 0 Å². The Morgan fingerprint density at radius 1 is 1.32 bits per heavy atom. The van der Waals surface area contributed by atoms with E-state index in [-0.39, 0.29) is 13.0 Å². The number of hydrogen-bond donors (Lipinski definition) is 1. The number of amides is 1. The fraction of sp³-hybridized carbons (Fsp3) is 0.727. The van der Waals surface area contributed by atoms with Crippen molar-refractivity contribution in [2.24, 2.45) is 5.92 Å². The average Bonchev–Trinajstić information content (AvgIpc) is 2.83. The summed E-state index contributed by atoms with van der Waals surface area (Å²) in [5.74, 6) is -5.41. The van der Waals surface area contributed by atoms with Gasteiger partial charge in [-0.1, -0.05) is 0 Å². The maximum Gasteiger partial charge on any atom is 0.326 e. The average molecular weight is 281 g/mol. The minimum atomic E-state index is -3.14. The van der Waals surface area contributed by atoms with Crippen LogP contribution in [0.3, 0.4) is 0 Å². The zero-order valence-electron chi connectivity index (χ0n) is 10.0. The van der Waals surface area contributed by atoms with E-state index in [2.05, 4.69) is 0 Å². The molecule has 0 aliphatic carbocycles. The summed E-state index contributed by atoms with van der Waals surface area (Å²) in [7, 11) is 0. The Morgan fingerprint density at radius 3 is 2.42 bits per heavy atom. The molecule has 1 aliphatic heterocycles. The molecule has 1 heterocycles. The molecule has 8 heteroatoms. The van der Waals surface area contributed by atoms with Crippen molar-refractivity contribution in [3.8, 4) is 0 Å². The topological polar surface area (TPSA) is 74.7 Å². The highest BCUT2D eigenvalue weighted by molar-refractivity contribution is 5.90. The highest BCUT2D eigenvalue weighted by atomic mass is 19.3. The number of alkyl halides is 3. The predicted molar refractivity (Wildman–Crippen MR) is 57.5 cm³/mol. The molecule has 108 valence electrons. The number of aliphatic carboxylic acids is 1. The standard InChI is InChI=1S/C11H14F3NO4/c12-5-8(16)6(10(13)14)4-9(17)15-3-1-2-7(15)11(18)19/h6-7,10H,1-5H2,(H,18,19)/t6?,7-/m0/s1. The molecule has 1 N–H and O–H groups in total. The van der Waals surface area contributed by atoms with Gasteiger partial charge in [-0.25, -0.2) is 18.0 Å². The van der Waals surface area contributed by atoms with Gasteiger partial charge >= 0.3 is 5.97 Å². The van der Waals surface area contributed by atoms with E-state index in [0.717, 1.165) is 4.90 Å². The SMILES string of the molecule is O=C(CF)C(CC(=O)N1CCC[C@H]1C(=O)O)C(F)F. The third-order valence-electron chi connectivity index (χ3n) is 3.10. The van der Waals surface area contributed by atoms with Crippen LogP contribution in [-0.2, 0) is 14.4 Å². The van der Waals surface area contributed by atoms with Gasteiger partial charge in [-0.15, -0.1) is 0 Å². The van der Waals surface area contributed by atoms with Crippen LogP contribution in [0.4, 0.5) is 13.2 Å². The molecular formula is C11H14F3NO4. The van der Waals surface area contributed by atoms with E-state index < -0.39 is 49.1 Å². The summed E-state index contributed by atoms with van der Waals surface area (Å²) >= 11 is 0. The second-order valence-electron chi connectivity index (χ2n) is 4.33. The zero-order valence-corrected chi connectivity index (χ0v) is 10.0. The van der Waals surface area contributed by atoms with Gasteiger partial charge in [0.1, 0.15) is 12.7 Å². The van der Waals surface area contributed by atoms with Gasteiger partial charge in [0.2, 0.25) is 12.3 Å². The Bertz CT molecular complexity index is 375. The normalized spacial score (nSPS) is 20.6. The third-order valence-corrected chi connectivity index (χ3v) is 3.10. The summed E-state index contributed by atoms with van der Waals surface area (Å²) in [4.78, 5) is 34.5. The monoisotopic (exact) mass is 281 g/mol. The Kier molecular flexibility index (Phi) is 5.31. The van der Waals surface area contributed by atoms with Crippen molar-refractivity contribution in [3.63, 3.8) is 0 Å². The fourth-order valence-electron chi connectivity index (χ4n) is 2.07. The number of carbonyl (C=O) groups excluding carboxylic acids is 2. The number of carboxylic acids is 1. The Hall–Kier alpha value is -1.60. The second kappa shape index (κ2) is 6.53. The molecule has 1 unspecified atom stereocenters. The van der Waals surface area contributed by atoms with E-state index in [9.17, 15) is 27.6 Å². The van der Waals surface area contributed by atoms with Crippen LogP contribution in [0.15, 0.2) is 0 Å². The van der Waals surface area contributed by atoms with Gasteiger partial charge in [0, 0.05) is 13.0 Å². The third kappa shape index (κ3) is 3.68. The summed E-state index contributed by atoms with van der Waals surface area (Å²) in [6.07, 6.45) is -3.29. The van der Waals surface area contributed by atoms with Crippen LogP contribution in [0.1, 0.15) is 19.3 Å². The number of ketones is 1. The Morgan fingerprint density at radius 2 is 1.95 bits per heavy atom. The lowest BCUT2D eigenvalue weighted by Gasteiger charge is -2.23. The van der Waals surface area contributed by atoms with Crippen LogP contribution >= 0.6 is 0 Å². The largest absolute Gasteiger partial charge is 0.480 e. The molecule has 0 bridgehead atoms. The maximum atomic E-state index is 12.6. The van der Waals surface area contributed by atoms with E-state index >= 15 is 0 Å². The lowest BCUT2D eigenvalue weighted by Crippen LogP contribution is -2.42. The molecule has 0 radical (unpaired) electrons. The minimum Gasteiger partial charge on any atom is -0.480 e. The van der Waals surface area contributed by atoms with Crippen molar-refractivity contribution in [2.45, 2.75) is 31.7 Å². The Labute approximate surface area is 107 Å². The Balaban J connectivity index is 2.71. The maximum absolute atomic E-state index is 12.6. The molecule has 1 fully saturated rings. The fourth-order valence-corrected chi connectivity index (χ4v) is 2.07. The molecule has 0 aromatic heterocycles.